The second-order valence-electron chi connectivity index (χ2n) is 4.76. The minimum Gasteiger partial charge on any atom is -0.371 e. The van der Waals surface area contributed by atoms with E-state index in [2.05, 4.69) is 27.8 Å². The van der Waals surface area contributed by atoms with Gasteiger partial charge in [0.15, 0.2) is 0 Å². The fourth-order valence-electron chi connectivity index (χ4n) is 2.17. The highest BCUT2D eigenvalue weighted by Gasteiger charge is 2.25. The topological polar surface area (TPSA) is 3.24 Å². The molecule has 1 aromatic rings. The maximum atomic E-state index is 13.7. The van der Waals surface area contributed by atoms with Crippen LogP contribution in [0, 0.1) is 11.7 Å². The highest BCUT2D eigenvalue weighted by atomic mass is 79.9. The first-order valence-corrected chi connectivity index (χ1v) is 7.46. The van der Waals surface area contributed by atoms with Crippen LogP contribution in [0.25, 0.3) is 0 Å². The number of nitrogens with zero attached hydrogens (tertiary/aromatic N) is 1. The van der Waals surface area contributed by atoms with Crippen LogP contribution in [-0.2, 0) is 5.33 Å². The van der Waals surface area contributed by atoms with Crippen molar-refractivity contribution in [2.45, 2.75) is 31.5 Å². The number of halogens is 2. The Kier molecular flexibility index (Phi) is 4.43. The molecule has 94 valence electrons. The molecule has 0 aromatic heterocycles. The highest BCUT2D eigenvalue weighted by molar-refractivity contribution is 9.08. The van der Waals surface area contributed by atoms with Crippen LogP contribution in [0.2, 0.25) is 0 Å². The first-order valence-electron chi connectivity index (χ1n) is 6.34. The fraction of sp³-hybridized carbons (Fsp3) is 0.571. The van der Waals surface area contributed by atoms with Gasteiger partial charge in [-0.1, -0.05) is 28.9 Å². The van der Waals surface area contributed by atoms with E-state index < -0.39 is 0 Å². The summed E-state index contributed by atoms with van der Waals surface area (Å²) in [7, 11) is 0. The van der Waals surface area contributed by atoms with Crippen LogP contribution >= 0.6 is 15.9 Å². The summed E-state index contributed by atoms with van der Waals surface area (Å²) < 4.78 is 13.7. The van der Waals surface area contributed by atoms with Crippen molar-refractivity contribution < 1.29 is 4.39 Å². The molecule has 0 spiro atoms. The minimum atomic E-state index is -0.101. The van der Waals surface area contributed by atoms with Gasteiger partial charge in [0.2, 0.25) is 0 Å². The molecule has 0 heterocycles. The van der Waals surface area contributed by atoms with Gasteiger partial charge in [-0.05, 0) is 37.3 Å². The Balaban J connectivity index is 2.23. The van der Waals surface area contributed by atoms with E-state index in [-0.39, 0.29) is 5.82 Å². The van der Waals surface area contributed by atoms with Crippen LogP contribution in [0.15, 0.2) is 18.2 Å². The largest absolute Gasteiger partial charge is 0.371 e. The third kappa shape index (κ3) is 3.21. The molecule has 0 unspecified atom stereocenters. The van der Waals surface area contributed by atoms with Crippen molar-refractivity contribution in [3.8, 4) is 0 Å². The third-order valence-corrected chi connectivity index (χ3v) is 3.80. The Morgan fingerprint density at radius 2 is 2.18 bits per heavy atom. The third-order valence-electron chi connectivity index (χ3n) is 3.24. The monoisotopic (exact) mass is 299 g/mol. The van der Waals surface area contributed by atoms with E-state index in [9.17, 15) is 4.39 Å². The first kappa shape index (κ1) is 12.9. The lowest BCUT2D eigenvalue weighted by atomic mass is 10.1. The van der Waals surface area contributed by atoms with Gasteiger partial charge in [-0.3, -0.25) is 0 Å². The average molecular weight is 300 g/mol. The zero-order chi connectivity index (χ0) is 12.3. The zero-order valence-electron chi connectivity index (χ0n) is 10.3. The van der Waals surface area contributed by atoms with Crippen LogP contribution in [-0.4, -0.2) is 13.1 Å². The fourth-order valence-corrected chi connectivity index (χ4v) is 2.72. The number of rotatable bonds is 6. The van der Waals surface area contributed by atoms with E-state index in [1.165, 1.54) is 12.8 Å². The summed E-state index contributed by atoms with van der Waals surface area (Å²) in [5, 5.41) is 0.583. The normalized spacial score (nSPS) is 15.0. The van der Waals surface area contributed by atoms with Crippen molar-refractivity contribution in [3.05, 3.63) is 29.6 Å². The summed E-state index contributed by atoms with van der Waals surface area (Å²) in [6, 6.07) is 5.39. The number of alkyl halides is 1. The van der Waals surface area contributed by atoms with Gasteiger partial charge < -0.3 is 4.90 Å². The van der Waals surface area contributed by atoms with E-state index in [0.29, 0.717) is 5.33 Å². The van der Waals surface area contributed by atoms with Crippen LogP contribution < -0.4 is 4.90 Å². The van der Waals surface area contributed by atoms with E-state index in [4.69, 9.17) is 0 Å². The Bertz CT molecular complexity index is 376. The number of anilines is 1. The lowest BCUT2D eigenvalue weighted by Crippen LogP contribution is -2.27. The standard InChI is InChI=1S/C14H19BrFN/c1-2-8-17(10-11-6-7-11)14-5-3-4-13(16)12(14)9-15/h3-5,11H,2,6-10H2,1H3. The van der Waals surface area contributed by atoms with Gasteiger partial charge in [-0.25, -0.2) is 4.39 Å². The molecule has 0 radical (unpaired) electrons. The Hall–Kier alpha value is -0.570. The van der Waals surface area contributed by atoms with E-state index in [1.54, 1.807) is 6.07 Å². The molecule has 1 aromatic carbocycles. The van der Waals surface area contributed by atoms with Crippen LogP contribution in [0.5, 0.6) is 0 Å². The van der Waals surface area contributed by atoms with Crippen LogP contribution in [0.1, 0.15) is 31.7 Å². The highest BCUT2D eigenvalue weighted by Crippen LogP contribution is 2.33. The molecule has 1 nitrogen and oxygen atoms in total. The quantitative estimate of drug-likeness (QED) is 0.706. The molecular formula is C14H19BrFN. The summed E-state index contributed by atoms with van der Waals surface area (Å²) in [5.74, 6) is 0.726. The first-order chi connectivity index (χ1) is 8.26. The van der Waals surface area contributed by atoms with Gasteiger partial charge in [0.1, 0.15) is 5.82 Å². The molecule has 0 amide bonds. The average Bonchev–Trinajstić information content (AvgIpc) is 3.12. The summed E-state index contributed by atoms with van der Waals surface area (Å²) in [6.07, 6.45) is 3.77. The van der Waals surface area contributed by atoms with Crippen LogP contribution in [0.3, 0.4) is 0 Å². The van der Waals surface area contributed by atoms with Gasteiger partial charge in [0.25, 0.3) is 0 Å². The predicted octanol–water partition coefficient (Wildman–Crippen LogP) is 4.35. The smallest absolute Gasteiger partial charge is 0.129 e. The molecule has 0 N–H and O–H groups in total. The van der Waals surface area contributed by atoms with Gasteiger partial charge in [0, 0.05) is 29.7 Å². The Labute approximate surface area is 111 Å². The van der Waals surface area contributed by atoms with Gasteiger partial charge in [0.05, 0.1) is 0 Å². The molecule has 0 saturated heterocycles. The second kappa shape index (κ2) is 5.85. The van der Waals surface area contributed by atoms with Crippen molar-refractivity contribution in [2.24, 2.45) is 5.92 Å². The lowest BCUT2D eigenvalue weighted by Gasteiger charge is -2.26. The molecule has 1 aliphatic carbocycles. The molecule has 1 saturated carbocycles. The molecule has 2 rings (SSSR count). The minimum absolute atomic E-state index is 0.101. The molecule has 1 aliphatic rings. The summed E-state index contributed by atoms with van der Waals surface area (Å²) >= 11 is 3.39. The van der Waals surface area contributed by atoms with Crippen molar-refractivity contribution in [1.29, 1.82) is 0 Å². The maximum absolute atomic E-state index is 13.7. The second-order valence-corrected chi connectivity index (χ2v) is 5.32. The SMILES string of the molecule is CCCN(CC1CC1)c1cccc(F)c1CBr. The van der Waals surface area contributed by atoms with E-state index in [1.807, 2.05) is 12.1 Å². The van der Waals surface area contributed by atoms with E-state index in [0.717, 1.165) is 36.7 Å². The van der Waals surface area contributed by atoms with Crippen molar-refractivity contribution in [3.63, 3.8) is 0 Å². The lowest BCUT2D eigenvalue weighted by molar-refractivity contribution is 0.614. The van der Waals surface area contributed by atoms with Gasteiger partial charge >= 0.3 is 0 Å². The molecule has 3 heteroatoms. The van der Waals surface area contributed by atoms with Crippen LogP contribution in [0.4, 0.5) is 10.1 Å². The molecule has 1 fully saturated rings. The van der Waals surface area contributed by atoms with Crippen molar-refractivity contribution >= 4 is 21.6 Å². The maximum Gasteiger partial charge on any atom is 0.129 e. The molecular weight excluding hydrogens is 281 g/mol. The number of benzene rings is 1. The van der Waals surface area contributed by atoms with Gasteiger partial charge in [-0.15, -0.1) is 0 Å². The van der Waals surface area contributed by atoms with Gasteiger partial charge in [-0.2, -0.15) is 0 Å². The molecule has 0 bridgehead atoms. The predicted molar refractivity (Wildman–Crippen MR) is 74.3 cm³/mol. The summed E-state index contributed by atoms with van der Waals surface area (Å²) in [5.41, 5.74) is 1.86. The molecule has 0 atom stereocenters. The Morgan fingerprint density at radius 3 is 2.76 bits per heavy atom. The number of hydrogen-bond acceptors (Lipinski definition) is 1. The molecule has 17 heavy (non-hydrogen) atoms. The van der Waals surface area contributed by atoms with Crippen molar-refractivity contribution in [1.82, 2.24) is 0 Å². The van der Waals surface area contributed by atoms with Crippen molar-refractivity contribution in [2.75, 3.05) is 18.0 Å². The molecule has 0 aliphatic heterocycles. The number of hydrogen-bond donors (Lipinski definition) is 0. The van der Waals surface area contributed by atoms with E-state index >= 15 is 0 Å². The summed E-state index contributed by atoms with van der Waals surface area (Å²) in [6.45, 7) is 4.27. The zero-order valence-corrected chi connectivity index (χ0v) is 11.8. The summed E-state index contributed by atoms with van der Waals surface area (Å²) in [4.78, 5) is 2.34. The Morgan fingerprint density at radius 1 is 1.41 bits per heavy atom.